The van der Waals surface area contributed by atoms with E-state index in [1.807, 2.05) is 10.6 Å². The second-order valence-electron chi connectivity index (χ2n) is 10.2. The molecule has 6 nitrogen and oxygen atoms in total. The van der Waals surface area contributed by atoms with E-state index in [0.29, 0.717) is 29.7 Å². The van der Waals surface area contributed by atoms with E-state index in [1.165, 1.54) is 6.07 Å². The molecule has 0 spiro atoms. The van der Waals surface area contributed by atoms with Crippen molar-refractivity contribution in [2.45, 2.75) is 56.7 Å². The van der Waals surface area contributed by atoms with Crippen LogP contribution in [0.4, 0.5) is 9.18 Å². The number of carbonyl (C=O) groups is 1. The minimum absolute atomic E-state index is 0.113. The Morgan fingerprint density at radius 3 is 2.84 bits per heavy atom. The number of rotatable bonds is 4. The number of aliphatic hydroxyl groups is 1. The molecule has 5 aliphatic rings. The van der Waals surface area contributed by atoms with Crippen molar-refractivity contribution in [3.05, 3.63) is 42.1 Å². The number of aromatic nitrogens is 2. The minimum atomic E-state index is -0.507. The first-order valence-corrected chi connectivity index (χ1v) is 11.5. The van der Waals surface area contributed by atoms with E-state index in [0.717, 1.165) is 43.4 Å². The number of aliphatic hydroxyl groups excluding tert-OH is 1. The molecule has 4 bridgehead atoms. The standard InChI is InChI=1S/C24H29FN4O2/c1-26-23(31)28-22-14-5-13-6-15(22)10-24(8-13,9-14)20(30)7-18-21-16(3-2-4-17(21)25)19-11-27-12-29(18)19/h2-4,11-15,18,20,22,30H,5-10H2,1H3,(H2,26,28,31). The number of amides is 2. The molecule has 2 amide bonds. The third kappa shape index (κ3) is 2.78. The summed E-state index contributed by atoms with van der Waals surface area (Å²) < 4.78 is 16.9. The van der Waals surface area contributed by atoms with Crippen LogP contribution in [0, 0.1) is 29.0 Å². The first-order valence-electron chi connectivity index (χ1n) is 11.5. The fraction of sp³-hybridized carbons (Fsp3) is 0.583. The summed E-state index contributed by atoms with van der Waals surface area (Å²) >= 11 is 0. The van der Waals surface area contributed by atoms with Gasteiger partial charge in [0.25, 0.3) is 0 Å². The van der Waals surface area contributed by atoms with Crippen molar-refractivity contribution < 1.29 is 14.3 Å². The molecule has 164 valence electrons. The second kappa shape index (κ2) is 6.79. The van der Waals surface area contributed by atoms with Crippen LogP contribution in [-0.4, -0.2) is 39.9 Å². The maximum atomic E-state index is 14.8. The fourth-order valence-corrected chi connectivity index (χ4v) is 7.65. The van der Waals surface area contributed by atoms with Crippen LogP contribution in [0.3, 0.4) is 0 Å². The highest BCUT2D eigenvalue weighted by atomic mass is 19.1. The number of imidazole rings is 1. The lowest BCUT2D eigenvalue weighted by molar-refractivity contribution is -0.135. The molecule has 4 fully saturated rings. The second-order valence-corrected chi connectivity index (χ2v) is 10.2. The van der Waals surface area contributed by atoms with Crippen molar-refractivity contribution in [2.75, 3.05) is 7.05 Å². The van der Waals surface area contributed by atoms with Gasteiger partial charge in [-0.05, 0) is 67.8 Å². The molecule has 4 unspecified atom stereocenters. The molecule has 1 aromatic heterocycles. The maximum absolute atomic E-state index is 14.8. The molecule has 31 heavy (non-hydrogen) atoms. The summed E-state index contributed by atoms with van der Waals surface area (Å²) in [4.78, 5) is 16.3. The van der Waals surface area contributed by atoms with Gasteiger partial charge in [-0.15, -0.1) is 0 Å². The molecule has 2 aromatic rings. The molecule has 7 rings (SSSR count). The number of hydrogen-bond acceptors (Lipinski definition) is 3. The van der Waals surface area contributed by atoms with E-state index < -0.39 is 6.10 Å². The number of halogens is 1. The highest BCUT2D eigenvalue weighted by molar-refractivity contribution is 5.74. The van der Waals surface area contributed by atoms with Crippen LogP contribution in [0.1, 0.15) is 50.1 Å². The average molecular weight is 425 g/mol. The monoisotopic (exact) mass is 424 g/mol. The Labute approximate surface area is 181 Å². The third-order valence-electron chi connectivity index (χ3n) is 8.66. The summed E-state index contributed by atoms with van der Waals surface area (Å²) in [5, 5.41) is 17.5. The van der Waals surface area contributed by atoms with Gasteiger partial charge >= 0.3 is 6.03 Å². The summed E-state index contributed by atoms with van der Waals surface area (Å²) in [6, 6.07) is 5.05. The lowest BCUT2D eigenvalue weighted by Gasteiger charge is -2.61. The van der Waals surface area contributed by atoms with Gasteiger partial charge in [0.1, 0.15) is 5.82 Å². The molecule has 7 heteroatoms. The number of nitrogens with zero attached hydrogens (tertiary/aromatic N) is 2. The summed E-state index contributed by atoms with van der Waals surface area (Å²) in [7, 11) is 1.65. The van der Waals surface area contributed by atoms with Crippen LogP contribution < -0.4 is 10.6 Å². The smallest absolute Gasteiger partial charge is 0.314 e. The van der Waals surface area contributed by atoms with Crippen molar-refractivity contribution in [1.29, 1.82) is 0 Å². The number of urea groups is 1. The number of nitrogens with one attached hydrogen (secondary N) is 2. The molecule has 3 N–H and O–H groups in total. The predicted molar refractivity (Wildman–Crippen MR) is 114 cm³/mol. The highest BCUT2D eigenvalue weighted by Crippen LogP contribution is 2.62. The van der Waals surface area contributed by atoms with E-state index in [4.69, 9.17) is 0 Å². The molecule has 0 radical (unpaired) electrons. The van der Waals surface area contributed by atoms with Crippen molar-refractivity contribution in [2.24, 2.45) is 23.2 Å². The first-order chi connectivity index (χ1) is 15.0. The van der Waals surface area contributed by atoms with Gasteiger partial charge < -0.3 is 20.3 Å². The van der Waals surface area contributed by atoms with Crippen LogP contribution in [0.5, 0.6) is 0 Å². The zero-order chi connectivity index (χ0) is 21.3. The van der Waals surface area contributed by atoms with Gasteiger partial charge in [-0.3, -0.25) is 0 Å². The van der Waals surface area contributed by atoms with Gasteiger partial charge in [0.2, 0.25) is 0 Å². The Bertz CT molecular complexity index is 1020. The molecule has 4 saturated carbocycles. The highest BCUT2D eigenvalue weighted by Gasteiger charge is 2.58. The van der Waals surface area contributed by atoms with Gasteiger partial charge in [0.05, 0.1) is 30.4 Å². The van der Waals surface area contributed by atoms with Gasteiger partial charge in [-0.2, -0.15) is 0 Å². The quantitative estimate of drug-likeness (QED) is 0.703. The summed E-state index contributed by atoms with van der Waals surface area (Å²) in [5.74, 6) is 1.23. The molecule has 1 aliphatic heterocycles. The van der Waals surface area contributed by atoms with Crippen molar-refractivity contribution in [1.82, 2.24) is 20.2 Å². The van der Waals surface area contributed by atoms with Crippen LogP contribution in [0.25, 0.3) is 11.3 Å². The maximum Gasteiger partial charge on any atom is 0.314 e. The number of hydrogen-bond donors (Lipinski definition) is 3. The van der Waals surface area contributed by atoms with Crippen LogP contribution in [-0.2, 0) is 0 Å². The van der Waals surface area contributed by atoms with Crippen LogP contribution >= 0.6 is 0 Å². The Hall–Kier alpha value is -2.41. The minimum Gasteiger partial charge on any atom is -0.392 e. The molecule has 0 saturated heterocycles. The number of carbonyl (C=O) groups excluding carboxylic acids is 1. The van der Waals surface area contributed by atoms with Crippen LogP contribution in [0.15, 0.2) is 30.7 Å². The van der Waals surface area contributed by atoms with Crippen molar-refractivity contribution in [3.63, 3.8) is 0 Å². The zero-order valence-electron chi connectivity index (χ0n) is 17.7. The normalized spacial score (nSPS) is 35.5. The van der Waals surface area contributed by atoms with Crippen molar-refractivity contribution >= 4 is 6.03 Å². The van der Waals surface area contributed by atoms with E-state index in [1.54, 1.807) is 25.6 Å². The predicted octanol–water partition coefficient (Wildman–Crippen LogP) is 3.47. The molecule has 1 aromatic carbocycles. The SMILES string of the molecule is CNC(=O)NC1C2CC3CC1CC(C(O)CC1c4c(F)cccc4-c4cncn41)(C3)C2. The van der Waals surface area contributed by atoms with E-state index in [9.17, 15) is 14.3 Å². The summed E-state index contributed by atoms with van der Waals surface area (Å²) in [6.45, 7) is 0. The Kier molecular flexibility index (Phi) is 4.23. The Morgan fingerprint density at radius 2 is 2.10 bits per heavy atom. The Balaban J connectivity index is 1.28. The molecule has 4 aliphatic carbocycles. The van der Waals surface area contributed by atoms with Gasteiger partial charge in [-0.25, -0.2) is 14.2 Å². The lowest BCUT2D eigenvalue weighted by atomic mass is 9.46. The third-order valence-corrected chi connectivity index (χ3v) is 8.66. The number of benzene rings is 1. The van der Waals surface area contributed by atoms with Gasteiger partial charge in [0.15, 0.2) is 0 Å². The first kappa shape index (κ1) is 19.3. The van der Waals surface area contributed by atoms with Gasteiger partial charge in [0, 0.05) is 24.2 Å². The fourth-order valence-electron chi connectivity index (χ4n) is 7.65. The van der Waals surface area contributed by atoms with E-state index >= 15 is 0 Å². The number of fused-ring (bicyclic) bond motifs is 3. The Morgan fingerprint density at radius 1 is 1.32 bits per heavy atom. The topological polar surface area (TPSA) is 79.2 Å². The van der Waals surface area contributed by atoms with E-state index in [2.05, 4.69) is 15.6 Å². The molecule has 2 heterocycles. The van der Waals surface area contributed by atoms with Crippen LogP contribution in [0.2, 0.25) is 0 Å². The van der Waals surface area contributed by atoms with E-state index in [-0.39, 0.29) is 29.3 Å². The average Bonchev–Trinajstić information content (AvgIpc) is 3.33. The van der Waals surface area contributed by atoms with Crippen molar-refractivity contribution in [3.8, 4) is 11.3 Å². The molecule has 4 atom stereocenters. The zero-order valence-corrected chi connectivity index (χ0v) is 17.7. The summed E-state index contributed by atoms with van der Waals surface area (Å²) in [6.07, 6.45) is 8.70. The lowest BCUT2D eigenvalue weighted by Crippen LogP contribution is -2.62. The molecular weight excluding hydrogens is 395 g/mol. The van der Waals surface area contributed by atoms with Gasteiger partial charge in [-0.1, -0.05) is 12.1 Å². The largest absolute Gasteiger partial charge is 0.392 e. The summed E-state index contributed by atoms with van der Waals surface area (Å²) in [5.41, 5.74) is 2.36. The molecular formula is C24H29FN4O2.